The van der Waals surface area contributed by atoms with Crippen LogP contribution in [0.2, 0.25) is 0 Å². The molecule has 25 heavy (non-hydrogen) atoms. The van der Waals surface area contributed by atoms with Gasteiger partial charge in [-0.3, -0.25) is 0 Å². The van der Waals surface area contributed by atoms with Crippen molar-refractivity contribution in [3.8, 4) is 0 Å². The molecule has 0 bridgehead atoms. The average molecular weight is 331 g/mol. The molecule has 5 nitrogen and oxygen atoms in total. The van der Waals surface area contributed by atoms with Crippen molar-refractivity contribution in [1.82, 2.24) is 19.1 Å². The molecular formula is C20H21N5. The second-order valence-electron chi connectivity index (χ2n) is 6.18. The van der Waals surface area contributed by atoms with Crippen LogP contribution < -0.4 is 0 Å². The van der Waals surface area contributed by atoms with E-state index in [-0.39, 0.29) is 0 Å². The maximum absolute atomic E-state index is 4.74. The van der Waals surface area contributed by atoms with Gasteiger partial charge in [0, 0.05) is 13.6 Å². The standard InChI is InChI=1S/C20H21N5/c1-3-4-13-25-18-12-8-6-10-16(18)22-19(25)14-21-20-23-15-9-5-7-11-17(15)24(20)2/h5-12,14H,3-4,13H2,1-2H3/b21-14+. The van der Waals surface area contributed by atoms with E-state index < -0.39 is 0 Å². The summed E-state index contributed by atoms with van der Waals surface area (Å²) < 4.78 is 4.25. The molecule has 0 saturated heterocycles. The molecule has 0 fully saturated rings. The Bertz CT molecular complexity index is 1050. The number of para-hydroxylation sites is 4. The highest BCUT2D eigenvalue weighted by Crippen LogP contribution is 2.20. The predicted molar refractivity (Wildman–Crippen MR) is 103 cm³/mol. The molecule has 5 heteroatoms. The Labute approximate surface area is 146 Å². The summed E-state index contributed by atoms with van der Waals surface area (Å²) in [5, 5.41) is 0. The van der Waals surface area contributed by atoms with E-state index in [0.29, 0.717) is 5.95 Å². The molecule has 0 N–H and O–H groups in total. The van der Waals surface area contributed by atoms with Crippen molar-refractivity contribution >= 4 is 34.2 Å². The maximum atomic E-state index is 4.74. The molecule has 0 aliphatic heterocycles. The molecule has 2 aromatic carbocycles. The van der Waals surface area contributed by atoms with E-state index in [0.717, 1.165) is 47.3 Å². The van der Waals surface area contributed by atoms with Gasteiger partial charge in [0.1, 0.15) is 0 Å². The average Bonchev–Trinajstić information content (AvgIpc) is 3.16. The molecule has 0 atom stereocenters. The zero-order chi connectivity index (χ0) is 17.2. The van der Waals surface area contributed by atoms with E-state index in [1.54, 1.807) is 0 Å². The fourth-order valence-electron chi connectivity index (χ4n) is 3.11. The number of rotatable bonds is 5. The molecule has 0 aliphatic carbocycles. The summed E-state index contributed by atoms with van der Waals surface area (Å²) in [6.45, 7) is 3.15. The highest BCUT2D eigenvalue weighted by Gasteiger charge is 2.09. The van der Waals surface area contributed by atoms with E-state index in [1.807, 2.05) is 48.2 Å². The smallest absolute Gasteiger partial charge is 0.230 e. The quantitative estimate of drug-likeness (QED) is 0.506. The van der Waals surface area contributed by atoms with Crippen LogP contribution in [-0.2, 0) is 13.6 Å². The summed E-state index contributed by atoms with van der Waals surface area (Å²) in [4.78, 5) is 14.0. The van der Waals surface area contributed by atoms with Crippen LogP contribution >= 0.6 is 0 Å². The van der Waals surface area contributed by atoms with Gasteiger partial charge in [0.2, 0.25) is 5.95 Å². The Balaban J connectivity index is 1.76. The van der Waals surface area contributed by atoms with Crippen LogP contribution in [0.25, 0.3) is 22.1 Å². The van der Waals surface area contributed by atoms with E-state index in [1.165, 1.54) is 0 Å². The Morgan fingerprint density at radius 2 is 1.64 bits per heavy atom. The third kappa shape index (κ3) is 2.82. The minimum absolute atomic E-state index is 0.690. The lowest BCUT2D eigenvalue weighted by atomic mass is 10.3. The molecule has 4 aromatic rings. The highest BCUT2D eigenvalue weighted by atomic mass is 15.2. The van der Waals surface area contributed by atoms with Crippen LogP contribution in [0.4, 0.5) is 5.95 Å². The summed E-state index contributed by atoms with van der Waals surface area (Å²) >= 11 is 0. The zero-order valence-corrected chi connectivity index (χ0v) is 14.6. The Morgan fingerprint density at radius 3 is 2.36 bits per heavy atom. The summed E-state index contributed by atoms with van der Waals surface area (Å²) in [7, 11) is 1.99. The SMILES string of the molecule is CCCCn1c(/C=N/c2nc3ccccc3n2C)nc2ccccc21. The number of hydrogen-bond donors (Lipinski definition) is 0. The minimum Gasteiger partial charge on any atom is -0.323 e. The fraction of sp³-hybridized carbons (Fsp3) is 0.250. The van der Waals surface area contributed by atoms with Gasteiger partial charge >= 0.3 is 0 Å². The lowest BCUT2D eigenvalue weighted by molar-refractivity contribution is 0.643. The van der Waals surface area contributed by atoms with Crippen molar-refractivity contribution in [2.75, 3.05) is 0 Å². The Morgan fingerprint density at radius 1 is 0.960 bits per heavy atom. The van der Waals surface area contributed by atoms with E-state index in [9.17, 15) is 0 Å². The molecule has 126 valence electrons. The molecule has 0 amide bonds. The number of benzene rings is 2. The lowest BCUT2D eigenvalue weighted by Crippen LogP contribution is -2.03. The van der Waals surface area contributed by atoms with Gasteiger partial charge in [-0.1, -0.05) is 37.6 Å². The van der Waals surface area contributed by atoms with Crippen LogP contribution in [0.15, 0.2) is 53.5 Å². The first-order valence-electron chi connectivity index (χ1n) is 8.68. The second kappa shape index (κ2) is 6.51. The fourth-order valence-corrected chi connectivity index (χ4v) is 3.11. The second-order valence-corrected chi connectivity index (χ2v) is 6.18. The molecule has 0 saturated carbocycles. The summed E-state index contributed by atoms with van der Waals surface area (Å²) in [5.41, 5.74) is 4.19. The highest BCUT2D eigenvalue weighted by molar-refractivity contribution is 5.86. The third-order valence-corrected chi connectivity index (χ3v) is 4.48. The molecule has 2 heterocycles. The van der Waals surface area contributed by atoms with Crippen LogP contribution in [0, 0.1) is 0 Å². The van der Waals surface area contributed by atoms with Crippen LogP contribution in [0.3, 0.4) is 0 Å². The first kappa shape index (κ1) is 15.6. The molecule has 0 spiro atoms. The van der Waals surface area contributed by atoms with Crippen molar-refractivity contribution in [2.45, 2.75) is 26.3 Å². The molecule has 2 aromatic heterocycles. The van der Waals surface area contributed by atoms with Crippen LogP contribution in [0.5, 0.6) is 0 Å². The molecule has 0 radical (unpaired) electrons. The van der Waals surface area contributed by atoms with Gasteiger partial charge < -0.3 is 9.13 Å². The Hall–Kier alpha value is -2.95. The van der Waals surface area contributed by atoms with Crippen LogP contribution in [-0.4, -0.2) is 25.3 Å². The van der Waals surface area contributed by atoms with Gasteiger partial charge in [0.05, 0.1) is 28.3 Å². The zero-order valence-electron chi connectivity index (χ0n) is 14.6. The van der Waals surface area contributed by atoms with E-state index >= 15 is 0 Å². The van der Waals surface area contributed by atoms with E-state index in [4.69, 9.17) is 4.98 Å². The number of nitrogens with zero attached hydrogens (tertiary/aromatic N) is 5. The van der Waals surface area contributed by atoms with Crippen molar-refractivity contribution in [1.29, 1.82) is 0 Å². The van der Waals surface area contributed by atoms with Gasteiger partial charge in [0.15, 0.2) is 5.82 Å². The number of fused-ring (bicyclic) bond motifs is 2. The predicted octanol–water partition coefficient (Wildman–Crippen LogP) is 4.47. The van der Waals surface area contributed by atoms with Gasteiger partial charge in [-0.05, 0) is 30.7 Å². The number of imidazole rings is 2. The number of aryl methyl sites for hydroxylation is 2. The van der Waals surface area contributed by atoms with Gasteiger partial charge in [-0.2, -0.15) is 0 Å². The molecule has 0 unspecified atom stereocenters. The normalized spacial score (nSPS) is 11.9. The maximum Gasteiger partial charge on any atom is 0.230 e. The monoisotopic (exact) mass is 331 g/mol. The number of aliphatic imine (C=N–C) groups is 1. The Kier molecular flexibility index (Phi) is 4.06. The first-order valence-corrected chi connectivity index (χ1v) is 8.68. The third-order valence-electron chi connectivity index (χ3n) is 4.48. The van der Waals surface area contributed by atoms with Crippen molar-refractivity contribution in [2.24, 2.45) is 12.0 Å². The number of aromatic nitrogens is 4. The molecule has 4 rings (SSSR count). The summed E-state index contributed by atoms with van der Waals surface area (Å²) in [6.07, 6.45) is 4.10. The largest absolute Gasteiger partial charge is 0.323 e. The summed E-state index contributed by atoms with van der Waals surface area (Å²) in [6, 6.07) is 16.3. The van der Waals surface area contributed by atoms with E-state index in [2.05, 4.69) is 39.7 Å². The topological polar surface area (TPSA) is 48.0 Å². The van der Waals surface area contributed by atoms with Crippen molar-refractivity contribution in [3.63, 3.8) is 0 Å². The van der Waals surface area contributed by atoms with Gasteiger partial charge in [-0.15, -0.1) is 0 Å². The summed E-state index contributed by atoms with van der Waals surface area (Å²) in [5.74, 6) is 1.57. The van der Waals surface area contributed by atoms with Gasteiger partial charge in [-0.25, -0.2) is 15.0 Å². The van der Waals surface area contributed by atoms with Crippen LogP contribution in [0.1, 0.15) is 25.6 Å². The molecule has 0 aliphatic rings. The number of hydrogen-bond acceptors (Lipinski definition) is 3. The number of unbranched alkanes of at least 4 members (excludes halogenated alkanes) is 1. The van der Waals surface area contributed by atoms with Gasteiger partial charge in [0.25, 0.3) is 0 Å². The first-order chi connectivity index (χ1) is 12.3. The van der Waals surface area contributed by atoms with Crippen molar-refractivity contribution < 1.29 is 0 Å². The van der Waals surface area contributed by atoms with Crippen molar-refractivity contribution in [3.05, 3.63) is 54.4 Å². The molecular weight excluding hydrogens is 310 g/mol. The minimum atomic E-state index is 0.690. The lowest BCUT2D eigenvalue weighted by Gasteiger charge is -2.05.